The third-order valence-electron chi connectivity index (χ3n) is 6.58. The van der Waals surface area contributed by atoms with Gasteiger partial charge in [0, 0.05) is 30.8 Å². The normalized spacial score (nSPS) is 24.9. The molecule has 4 N–H and O–H groups in total. The highest BCUT2D eigenvalue weighted by molar-refractivity contribution is 6.34. The number of primary amides is 1. The number of carbonyl (C=O) groups is 2. The number of hydrogen-bond acceptors (Lipinski definition) is 5. The zero-order valence-corrected chi connectivity index (χ0v) is 18.4. The third-order valence-corrected chi connectivity index (χ3v) is 6.87. The lowest BCUT2D eigenvalue weighted by atomic mass is 9.88. The Kier molecular flexibility index (Phi) is 5.21. The van der Waals surface area contributed by atoms with Gasteiger partial charge in [-0.3, -0.25) is 14.6 Å². The van der Waals surface area contributed by atoms with Gasteiger partial charge in [-0.15, -0.1) is 0 Å². The number of nitrogens with one attached hydrogen (secondary N) is 2. The Hall–Kier alpha value is -3.19. The minimum atomic E-state index is -0.294. The van der Waals surface area contributed by atoms with Crippen molar-refractivity contribution in [2.45, 2.75) is 25.8 Å². The summed E-state index contributed by atoms with van der Waals surface area (Å²) in [6.07, 6.45) is 7.36. The lowest BCUT2D eigenvalue weighted by Gasteiger charge is -2.28. The van der Waals surface area contributed by atoms with Crippen molar-refractivity contribution in [3.8, 4) is 0 Å². The van der Waals surface area contributed by atoms with Crippen molar-refractivity contribution in [3.05, 3.63) is 64.5 Å². The molecule has 164 valence electrons. The monoisotopic (exact) mass is 449 g/mol. The van der Waals surface area contributed by atoms with E-state index in [1.165, 1.54) is 0 Å². The molecule has 2 heterocycles. The second-order valence-electron chi connectivity index (χ2n) is 8.50. The van der Waals surface area contributed by atoms with E-state index in [4.69, 9.17) is 22.3 Å². The number of rotatable bonds is 6. The van der Waals surface area contributed by atoms with E-state index < -0.39 is 0 Å². The number of anilines is 1. The molecule has 1 aromatic heterocycles. The Morgan fingerprint density at radius 1 is 1.19 bits per heavy atom. The van der Waals surface area contributed by atoms with Crippen LogP contribution in [-0.2, 0) is 11.2 Å². The molecule has 0 spiro atoms. The van der Waals surface area contributed by atoms with Crippen LogP contribution in [0.5, 0.6) is 0 Å². The van der Waals surface area contributed by atoms with Crippen molar-refractivity contribution >= 4 is 40.5 Å². The van der Waals surface area contributed by atoms with E-state index in [1.807, 2.05) is 19.1 Å². The molecule has 0 radical (unpaired) electrons. The Morgan fingerprint density at radius 2 is 1.94 bits per heavy atom. The van der Waals surface area contributed by atoms with Crippen LogP contribution in [0.2, 0.25) is 5.02 Å². The van der Waals surface area contributed by atoms with Gasteiger partial charge in [0.2, 0.25) is 5.91 Å². The first-order chi connectivity index (χ1) is 15.5. The van der Waals surface area contributed by atoms with Gasteiger partial charge in [0.05, 0.1) is 28.0 Å². The average Bonchev–Trinajstić information content (AvgIpc) is 3.50. The lowest BCUT2D eigenvalue weighted by Crippen LogP contribution is -2.41. The molecule has 7 nitrogen and oxygen atoms in total. The maximum atomic E-state index is 12.1. The highest BCUT2D eigenvalue weighted by Crippen LogP contribution is 2.47. The minimum Gasteiger partial charge on any atom is -0.378 e. The standard InChI is InChI=1S/C24H24ClN5O2/c1-2-27-24(32)13-5-3-12(4-6-13)17-10-18-22(29-17)21(16(25)11-28-18)30-20-15-8-7-14(9-15)19(20)23(26)31/h3-8,11,14-15,19-20H,2,9-10H2,1H3,(H2,26,31)(H,27,32)(H,28,30)/t14-,15+,19+,20-/m1/s1. The van der Waals surface area contributed by atoms with Gasteiger partial charge < -0.3 is 16.4 Å². The zero-order chi connectivity index (χ0) is 22.4. The highest BCUT2D eigenvalue weighted by Gasteiger charge is 2.47. The number of hydrogen-bond donors (Lipinski definition) is 3. The summed E-state index contributed by atoms with van der Waals surface area (Å²) in [5.74, 6) is -0.246. The van der Waals surface area contributed by atoms with Crippen molar-refractivity contribution in [3.63, 3.8) is 0 Å². The van der Waals surface area contributed by atoms with E-state index in [0.29, 0.717) is 34.9 Å². The van der Waals surface area contributed by atoms with E-state index in [9.17, 15) is 9.59 Å². The highest BCUT2D eigenvalue weighted by atomic mass is 35.5. The number of halogens is 1. The van der Waals surface area contributed by atoms with Crippen molar-refractivity contribution in [2.75, 3.05) is 11.9 Å². The molecule has 8 heteroatoms. The molecule has 0 unspecified atom stereocenters. The maximum Gasteiger partial charge on any atom is 0.251 e. The Balaban J connectivity index is 1.43. The summed E-state index contributed by atoms with van der Waals surface area (Å²) >= 11 is 6.52. The van der Waals surface area contributed by atoms with Crippen LogP contribution >= 0.6 is 11.6 Å². The number of aliphatic imine (C=N–C) groups is 1. The van der Waals surface area contributed by atoms with Crippen molar-refractivity contribution in [1.29, 1.82) is 0 Å². The molecular weight excluding hydrogens is 426 g/mol. The van der Waals surface area contributed by atoms with Crippen LogP contribution in [0.3, 0.4) is 0 Å². The quantitative estimate of drug-likeness (QED) is 0.588. The van der Waals surface area contributed by atoms with Crippen LogP contribution < -0.4 is 16.4 Å². The fourth-order valence-corrected chi connectivity index (χ4v) is 5.25. The molecule has 2 aliphatic carbocycles. The third kappa shape index (κ3) is 3.46. The summed E-state index contributed by atoms with van der Waals surface area (Å²) < 4.78 is 0. The predicted octanol–water partition coefficient (Wildman–Crippen LogP) is 3.25. The van der Waals surface area contributed by atoms with Crippen molar-refractivity contribution in [2.24, 2.45) is 28.5 Å². The summed E-state index contributed by atoms with van der Waals surface area (Å²) in [7, 11) is 0. The first-order valence-electron chi connectivity index (χ1n) is 10.8. The molecule has 32 heavy (non-hydrogen) atoms. The minimum absolute atomic E-state index is 0.0976. The van der Waals surface area contributed by atoms with Crippen molar-refractivity contribution in [1.82, 2.24) is 10.3 Å². The number of pyridine rings is 1. The number of nitrogens with zero attached hydrogens (tertiary/aromatic N) is 2. The SMILES string of the molecule is CCNC(=O)c1ccc(C2=Nc3c(ncc(Cl)c3N[C@H]3[C@@H](C(N)=O)[C@@H]4C=C[C@H]3C4)C2)cc1. The lowest BCUT2D eigenvalue weighted by molar-refractivity contribution is -0.122. The van der Waals surface area contributed by atoms with Crippen LogP contribution in [-0.4, -0.2) is 35.1 Å². The Bertz CT molecular complexity index is 1160. The number of nitrogens with two attached hydrogens (primary N) is 1. The smallest absolute Gasteiger partial charge is 0.251 e. The molecule has 2 bridgehead atoms. The summed E-state index contributed by atoms with van der Waals surface area (Å²) in [5.41, 5.74) is 10.3. The fraction of sp³-hybridized carbons (Fsp3) is 0.333. The van der Waals surface area contributed by atoms with E-state index in [2.05, 4.69) is 27.8 Å². The molecular formula is C24H24ClN5O2. The van der Waals surface area contributed by atoms with Crippen molar-refractivity contribution < 1.29 is 9.59 Å². The van der Waals surface area contributed by atoms with Crippen LogP contribution in [0.4, 0.5) is 11.4 Å². The van der Waals surface area contributed by atoms with Crippen LogP contribution in [0.25, 0.3) is 0 Å². The number of fused-ring (bicyclic) bond motifs is 3. The van der Waals surface area contributed by atoms with Gasteiger partial charge in [-0.2, -0.15) is 0 Å². The predicted molar refractivity (Wildman–Crippen MR) is 124 cm³/mol. The van der Waals surface area contributed by atoms with Gasteiger partial charge in [-0.25, -0.2) is 4.99 Å². The zero-order valence-electron chi connectivity index (χ0n) is 17.6. The first-order valence-corrected chi connectivity index (χ1v) is 11.2. The van der Waals surface area contributed by atoms with E-state index >= 15 is 0 Å². The fourth-order valence-electron chi connectivity index (χ4n) is 5.05. The average molecular weight is 450 g/mol. The molecule has 4 atom stereocenters. The number of allylic oxidation sites excluding steroid dienone is 1. The molecule has 1 aliphatic heterocycles. The maximum absolute atomic E-state index is 12.1. The number of amides is 2. The molecule has 5 rings (SSSR count). The summed E-state index contributed by atoms with van der Waals surface area (Å²) in [5, 5.41) is 6.76. The Labute approximate surface area is 191 Å². The van der Waals surface area contributed by atoms with Gasteiger partial charge in [-0.1, -0.05) is 35.9 Å². The number of carbonyl (C=O) groups excluding carboxylic acids is 2. The van der Waals surface area contributed by atoms with E-state index in [1.54, 1.807) is 18.3 Å². The molecule has 2 aromatic rings. The van der Waals surface area contributed by atoms with E-state index in [-0.39, 0.29) is 35.6 Å². The van der Waals surface area contributed by atoms with Crippen LogP contribution in [0.15, 0.2) is 47.6 Å². The first kappa shape index (κ1) is 20.7. The summed E-state index contributed by atoms with van der Waals surface area (Å²) in [4.78, 5) is 33.5. The topological polar surface area (TPSA) is 109 Å². The van der Waals surface area contributed by atoms with Crippen LogP contribution in [0, 0.1) is 17.8 Å². The molecule has 1 fully saturated rings. The molecule has 1 aromatic carbocycles. The molecule has 2 amide bonds. The summed E-state index contributed by atoms with van der Waals surface area (Å²) in [6.45, 7) is 2.47. The largest absolute Gasteiger partial charge is 0.378 e. The Morgan fingerprint density at radius 3 is 2.66 bits per heavy atom. The summed E-state index contributed by atoms with van der Waals surface area (Å²) in [6, 6.07) is 7.28. The second-order valence-corrected chi connectivity index (χ2v) is 8.90. The van der Waals surface area contributed by atoms with Gasteiger partial charge in [0.1, 0.15) is 5.69 Å². The van der Waals surface area contributed by atoms with Gasteiger partial charge in [0.25, 0.3) is 5.91 Å². The second kappa shape index (κ2) is 8.06. The number of benzene rings is 1. The molecule has 3 aliphatic rings. The van der Waals surface area contributed by atoms with Crippen LogP contribution in [0.1, 0.15) is 35.0 Å². The van der Waals surface area contributed by atoms with E-state index in [0.717, 1.165) is 23.4 Å². The van der Waals surface area contributed by atoms with Gasteiger partial charge in [-0.05, 0) is 42.9 Å². The number of aromatic nitrogens is 1. The van der Waals surface area contributed by atoms with Gasteiger partial charge >= 0.3 is 0 Å². The molecule has 0 saturated heterocycles. The van der Waals surface area contributed by atoms with Gasteiger partial charge in [0.15, 0.2) is 0 Å². The molecule has 1 saturated carbocycles.